The Labute approximate surface area is 58.3 Å². The van der Waals surface area contributed by atoms with E-state index in [9.17, 15) is 4.39 Å². The zero-order chi connectivity index (χ0) is 7.40. The van der Waals surface area contributed by atoms with Crippen molar-refractivity contribution in [2.75, 3.05) is 6.61 Å². The molecule has 0 radical (unpaired) electrons. The first-order valence-electron chi connectivity index (χ1n) is 3.05. The predicted octanol–water partition coefficient (Wildman–Crippen LogP) is 0.756. The second-order valence-electron chi connectivity index (χ2n) is 1.93. The molecule has 0 bridgehead atoms. The largest absolute Gasteiger partial charge is 0.396 e. The number of aliphatic hydroxyl groups is 1. The Kier molecular flexibility index (Phi) is 2.34. The van der Waals surface area contributed by atoms with Crippen molar-refractivity contribution >= 4 is 0 Å². The Morgan fingerprint density at radius 2 is 2.30 bits per heavy atom. The van der Waals surface area contributed by atoms with Gasteiger partial charge < -0.3 is 5.11 Å². The lowest BCUT2D eigenvalue weighted by molar-refractivity contribution is 0.297. The molecule has 0 spiro atoms. The molecule has 0 amide bonds. The summed E-state index contributed by atoms with van der Waals surface area (Å²) in [5.74, 6) is -0.494. The molecule has 1 aromatic rings. The van der Waals surface area contributed by atoms with Crippen molar-refractivity contribution in [1.29, 1.82) is 0 Å². The summed E-state index contributed by atoms with van der Waals surface area (Å²) in [6.45, 7) is 0.0104. The molecule has 10 heavy (non-hydrogen) atoms. The van der Waals surface area contributed by atoms with Crippen LogP contribution in [0.25, 0.3) is 0 Å². The van der Waals surface area contributed by atoms with Crippen molar-refractivity contribution in [1.82, 2.24) is 4.98 Å². The van der Waals surface area contributed by atoms with Crippen molar-refractivity contribution < 1.29 is 9.50 Å². The third-order valence-electron chi connectivity index (χ3n) is 1.14. The fraction of sp³-hybridized carbons (Fsp3) is 0.286. The minimum atomic E-state index is -0.494. The van der Waals surface area contributed by atoms with Crippen molar-refractivity contribution in [2.45, 2.75) is 6.42 Å². The van der Waals surface area contributed by atoms with Gasteiger partial charge in [0.15, 0.2) is 0 Å². The highest BCUT2D eigenvalue weighted by atomic mass is 19.1. The average molecular weight is 141 g/mol. The summed E-state index contributed by atoms with van der Waals surface area (Å²) in [5, 5.41) is 8.45. The molecule has 3 heteroatoms. The fourth-order valence-corrected chi connectivity index (χ4v) is 0.704. The van der Waals surface area contributed by atoms with Crippen LogP contribution in [0.3, 0.4) is 0 Å². The maximum atomic E-state index is 12.3. The fourth-order valence-electron chi connectivity index (χ4n) is 0.704. The van der Waals surface area contributed by atoms with Gasteiger partial charge in [-0.15, -0.1) is 0 Å². The molecule has 0 saturated heterocycles. The SMILES string of the molecule is OCCc1cccc(F)n1. The monoisotopic (exact) mass is 141 g/mol. The van der Waals surface area contributed by atoms with Gasteiger partial charge in [0, 0.05) is 18.7 Å². The summed E-state index contributed by atoms with van der Waals surface area (Å²) < 4.78 is 12.3. The zero-order valence-corrected chi connectivity index (χ0v) is 5.42. The Hall–Kier alpha value is -0.960. The van der Waals surface area contributed by atoms with Gasteiger partial charge in [-0.3, -0.25) is 0 Å². The average Bonchev–Trinajstić information content (AvgIpc) is 1.88. The summed E-state index contributed by atoms with van der Waals surface area (Å²) in [4.78, 5) is 3.54. The third kappa shape index (κ3) is 1.77. The van der Waals surface area contributed by atoms with E-state index in [2.05, 4.69) is 4.98 Å². The Balaban J connectivity index is 2.75. The summed E-state index contributed by atoms with van der Waals surface area (Å²) in [6.07, 6.45) is 0.414. The highest BCUT2D eigenvalue weighted by molar-refractivity contribution is 5.04. The topological polar surface area (TPSA) is 33.1 Å². The molecule has 0 atom stereocenters. The standard InChI is InChI=1S/C7H8FNO/c8-7-3-1-2-6(9-7)4-5-10/h1-3,10H,4-5H2. The van der Waals surface area contributed by atoms with Crippen LogP contribution in [0.2, 0.25) is 0 Å². The van der Waals surface area contributed by atoms with Gasteiger partial charge in [0.05, 0.1) is 0 Å². The minimum Gasteiger partial charge on any atom is -0.396 e. The van der Waals surface area contributed by atoms with Crippen LogP contribution in [0, 0.1) is 5.95 Å². The van der Waals surface area contributed by atoms with Crippen LogP contribution < -0.4 is 0 Å². The first-order chi connectivity index (χ1) is 4.83. The van der Waals surface area contributed by atoms with E-state index in [-0.39, 0.29) is 6.61 Å². The number of nitrogens with zero attached hydrogens (tertiary/aromatic N) is 1. The quantitative estimate of drug-likeness (QED) is 0.616. The van der Waals surface area contributed by atoms with Gasteiger partial charge in [-0.05, 0) is 12.1 Å². The number of halogens is 1. The lowest BCUT2D eigenvalue weighted by atomic mass is 10.3. The van der Waals surface area contributed by atoms with E-state index in [0.717, 1.165) is 0 Å². The molecule has 1 heterocycles. The van der Waals surface area contributed by atoms with Crippen LogP contribution in [-0.4, -0.2) is 16.7 Å². The summed E-state index contributed by atoms with van der Waals surface area (Å²) in [6, 6.07) is 4.54. The predicted molar refractivity (Wildman–Crippen MR) is 35.0 cm³/mol. The number of rotatable bonds is 2. The van der Waals surface area contributed by atoms with E-state index in [4.69, 9.17) is 5.11 Å². The molecule has 0 aromatic carbocycles. The van der Waals surface area contributed by atoms with Crippen LogP contribution in [-0.2, 0) is 6.42 Å². The molecule has 1 N–H and O–H groups in total. The second kappa shape index (κ2) is 3.27. The van der Waals surface area contributed by atoms with Gasteiger partial charge >= 0.3 is 0 Å². The van der Waals surface area contributed by atoms with Crippen LogP contribution in [0.15, 0.2) is 18.2 Å². The molecule has 0 aliphatic carbocycles. The van der Waals surface area contributed by atoms with E-state index in [1.54, 1.807) is 12.1 Å². The van der Waals surface area contributed by atoms with Crippen molar-refractivity contribution in [2.24, 2.45) is 0 Å². The molecular weight excluding hydrogens is 133 g/mol. The molecule has 0 unspecified atom stereocenters. The van der Waals surface area contributed by atoms with Crippen LogP contribution in [0.1, 0.15) is 5.69 Å². The molecule has 1 aromatic heterocycles. The van der Waals surface area contributed by atoms with E-state index >= 15 is 0 Å². The lowest BCUT2D eigenvalue weighted by Crippen LogP contribution is -1.95. The number of hydrogen-bond acceptors (Lipinski definition) is 2. The van der Waals surface area contributed by atoms with Gasteiger partial charge in [-0.2, -0.15) is 4.39 Å². The van der Waals surface area contributed by atoms with E-state index in [1.165, 1.54) is 6.07 Å². The number of pyridine rings is 1. The van der Waals surface area contributed by atoms with Crippen LogP contribution in [0.5, 0.6) is 0 Å². The lowest BCUT2D eigenvalue weighted by Gasteiger charge is -1.94. The first-order valence-corrected chi connectivity index (χ1v) is 3.05. The third-order valence-corrected chi connectivity index (χ3v) is 1.14. The van der Waals surface area contributed by atoms with Crippen molar-refractivity contribution in [3.8, 4) is 0 Å². The highest BCUT2D eigenvalue weighted by Crippen LogP contribution is 1.97. The Bertz CT molecular complexity index is 215. The zero-order valence-electron chi connectivity index (χ0n) is 5.42. The first kappa shape index (κ1) is 7.15. The Morgan fingerprint density at radius 3 is 2.90 bits per heavy atom. The van der Waals surface area contributed by atoms with E-state index in [1.807, 2.05) is 0 Å². The van der Waals surface area contributed by atoms with Gasteiger partial charge in [-0.1, -0.05) is 6.07 Å². The van der Waals surface area contributed by atoms with Gasteiger partial charge in [0.2, 0.25) is 5.95 Å². The maximum absolute atomic E-state index is 12.3. The number of aliphatic hydroxyl groups excluding tert-OH is 1. The van der Waals surface area contributed by atoms with Gasteiger partial charge in [0.1, 0.15) is 0 Å². The maximum Gasteiger partial charge on any atom is 0.213 e. The summed E-state index contributed by atoms with van der Waals surface area (Å²) >= 11 is 0. The highest BCUT2D eigenvalue weighted by Gasteiger charge is 1.93. The van der Waals surface area contributed by atoms with Crippen LogP contribution in [0.4, 0.5) is 4.39 Å². The molecule has 0 aliphatic heterocycles. The van der Waals surface area contributed by atoms with Crippen molar-refractivity contribution in [3.05, 3.63) is 29.8 Å². The van der Waals surface area contributed by atoms with Crippen LogP contribution >= 0.6 is 0 Å². The molecule has 0 fully saturated rings. The minimum absolute atomic E-state index is 0.0104. The number of aromatic nitrogens is 1. The molecule has 0 aliphatic rings. The number of hydrogen-bond donors (Lipinski definition) is 1. The summed E-state index contributed by atoms with van der Waals surface area (Å²) in [5.41, 5.74) is 0.586. The Morgan fingerprint density at radius 1 is 1.50 bits per heavy atom. The normalized spacial score (nSPS) is 9.80. The summed E-state index contributed by atoms with van der Waals surface area (Å²) in [7, 11) is 0. The molecule has 1 rings (SSSR count). The second-order valence-corrected chi connectivity index (χ2v) is 1.93. The molecule has 2 nitrogen and oxygen atoms in total. The van der Waals surface area contributed by atoms with Crippen molar-refractivity contribution in [3.63, 3.8) is 0 Å². The smallest absolute Gasteiger partial charge is 0.213 e. The van der Waals surface area contributed by atoms with E-state index in [0.29, 0.717) is 12.1 Å². The van der Waals surface area contributed by atoms with Gasteiger partial charge in [0.25, 0.3) is 0 Å². The molecule has 0 saturated carbocycles. The van der Waals surface area contributed by atoms with Gasteiger partial charge in [-0.25, -0.2) is 4.98 Å². The molecule has 54 valence electrons. The van der Waals surface area contributed by atoms with E-state index < -0.39 is 5.95 Å². The molecular formula is C7H8FNO.